The van der Waals surface area contributed by atoms with Gasteiger partial charge in [0.1, 0.15) is 0 Å². The molecule has 3 N–H and O–H groups in total. The molecule has 1 fully saturated rings. The van der Waals surface area contributed by atoms with Gasteiger partial charge in [0.2, 0.25) is 5.91 Å². The average molecular weight is 290 g/mol. The van der Waals surface area contributed by atoms with Crippen molar-refractivity contribution in [2.45, 2.75) is 18.3 Å². The molecule has 0 aliphatic heterocycles. The summed E-state index contributed by atoms with van der Waals surface area (Å²) in [6, 6.07) is 3.73. The summed E-state index contributed by atoms with van der Waals surface area (Å²) in [6.45, 7) is -1.71. The normalized spacial score (nSPS) is 21.6. The predicted octanol–water partition coefficient (Wildman–Crippen LogP) is 1.78. The Kier molecular flexibility index (Phi) is 3.99. The molecule has 0 aromatic heterocycles. The minimum absolute atomic E-state index is 0.107. The predicted molar refractivity (Wildman–Crippen MR) is 64.2 cm³/mol. The Morgan fingerprint density at radius 1 is 1.40 bits per heavy atom. The Balaban J connectivity index is 1.95. The molecule has 0 heterocycles. The lowest BCUT2D eigenvalue weighted by Gasteiger charge is -2.14. The Labute approximate surface area is 113 Å². The topological polar surface area (TPSA) is 55.1 Å². The van der Waals surface area contributed by atoms with Crippen LogP contribution in [0.4, 0.5) is 17.6 Å². The smallest absolute Gasteiger partial charge is 0.277 e. The van der Waals surface area contributed by atoms with Crippen LogP contribution in [0.15, 0.2) is 18.2 Å². The van der Waals surface area contributed by atoms with Gasteiger partial charge < -0.3 is 11.1 Å². The van der Waals surface area contributed by atoms with Crippen molar-refractivity contribution in [3.8, 4) is 0 Å². The molecule has 0 spiro atoms. The number of benzene rings is 1. The highest BCUT2D eigenvalue weighted by Crippen LogP contribution is 2.48. The standard InChI is InChI=1S/C13H14F4N2O/c14-10-3-1-2-7(11(10)15)8-4-9(8)12(20)19-6-13(16,17)5-18/h1-3,8-9H,4-6,18H2,(H,19,20). The lowest BCUT2D eigenvalue weighted by molar-refractivity contribution is -0.124. The van der Waals surface area contributed by atoms with Gasteiger partial charge in [-0.15, -0.1) is 0 Å². The van der Waals surface area contributed by atoms with Gasteiger partial charge in [-0.1, -0.05) is 12.1 Å². The third-order valence-corrected chi connectivity index (χ3v) is 3.33. The lowest BCUT2D eigenvalue weighted by atomic mass is 10.1. The molecule has 2 atom stereocenters. The fourth-order valence-corrected chi connectivity index (χ4v) is 2.06. The lowest BCUT2D eigenvalue weighted by Crippen LogP contribution is -2.42. The minimum atomic E-state index is -3.16. The minimum Gasteiger partial charge on any atom is -0.350 e. The van der Waals surface area contributed by atoms with Crippen LogP contribution in [0.2, 0.25) is 0 Å². The number of nitrogens with one attached hydrogen (secondary N) is 1. The van der Waals surface area contributed by atoms with Gasteiger partial charge in [-0.05, 0) is 24.0 Å². The van der Waals surface area contributed by atoms with E-state index in [9.17, 15) is 22.4 Å². The third kappa shape index (κ3) is 3.09. The molecule has 1 saturated carbocycles. The second-order valence-corrected chi connectivity index (χ2v) is 4.87. The summed E-state index contributed by atoms with van der Waals surface area (Å²) in [4.78, 5) is 11.6. The molecule has 1 aromatic rings. The van der Waals surface area contributed by atoms with E-state index in [1.54, 1.807) is 0 Å². The molecule has 110 valence electrons. The van der Waals surface area contributed by atoms with Crippen LogP contribution in [-0.2, 0) is 4.79 Å². The Morgan fingerprint density at radius 3 is 2.75 bits per heavy atom. The summed E-state index contributed by atoms with van der Waals surface area (Å²) in [5.41, 5.74) is 4.95. The summed E-state index contributed by atoms with van der Waals surface area (Å²) in [7, 11) is 0. The molecule has 3 nitrogen and oxygen atoms in total. The van der Waals surface area contributed by atoms with Crippen LogP contribution in [0, 0.1) is 17.6 Å². The average Bonchev–Trinajstić information content (AvgIpc) is 3.19. The van der Waals surface area contributed by atoms with Crippen molar-refractivity contribution in [1.29, 1.82) is 0 Å². The highest BCUT2D eigenvalue weighted by molar-refractivity contribution is 5.82. The second kappa shape index (κ2) is 5.40. The maximum Gasteiger partial charge on any atom is 0.277 e. The highest BCUT2D eigenvalue weighted by atomic mass is 19.3. The molecule has 0 saturated heterocycles. The van der Waals surface area contributed by atoms with E-state index in [-0.39, 0.29) is 5.56 Å². The zero-order chi connectivity index (χ0) is 14.9. The van der Waals surface area contributed by atoms with Gasteiger partial charge in [0.15, 0.2) is 11.6 Å². The number of halogens is 4. The first-order valence-electron chi connectivity index (χ1n) is 6.15. The van der Waals surface area contributed by atoms with E-state index in [2.05, 4.69) is 5.32 Å². The molecule has 1 aliphatic carbocycles. The molecule has 1 aliphatic rings. The molecule has 2 rings (SSSR count). The monoisotopic (exact) mass is 290 g/mol. The third-order valence-electron chi connectivity index (χ3n) is 3.33. The molecule has 20 heavy (non-hydrogen) atoms. The van der Waals surface area contributed by atoms with Crippen molar-refractivity contribution in [2.75, 3.05) is 13.1 Å². The number of amides is 1. The second-order valence-electron chi connectivity index (χ2n) is 4.87. The zero-order valence-corrected chi connectivity index (χ0v) is 10.5. The van der Waals surface area contributed by atoms with Gasteiger partial charge in [0, 0.05) is 5.92 Å². The van der Waals surface area contributed by atoms with Crippen molar-refractivity contribution >= 4 is 5.91 Å². The van der Waals surface area contributed by atoms with E-state index < -0.39 is 48.4 Å². The number of alkyl halides is 2. The van der Waals surface area contributed by atoms with E-state index in [0.29, 0.717) is 6.42 Å². The molecule has 0 radical (unpaired) electrons. The van der Waals surface area contributed by atoms with Crippen LogP contribution in [0.25, 0.3) is 0 Å². The van der Waals surface area contributed by atoms with Gasteiger partial charge in [-0.25, -0.2) is 17.6 Å². The first-order chi connectivity index (χ1) is 9.35. The summed E-state index contributed by atoms with van der Waals surface area (Å²) in [5, 5.41) is 2.08. The molecule has 7 heteroatoms. The Hall–Kier alpha value is -1.63. The Morgan fingerprint density at radius 2 is 2.10 bits per heavy atom. The highest BCUT2D eigenvalue weighted by Gasteiger charge is 2.46. The maximum absolute atomic E-state index is 13.5. The SMILES string of the molecule is NCC(F)(F)CNC(=O)C1CC1c1cccc(F)c1F. The van der Waals surface area contributed by atoms with E-state index in [0.717, 1.165) is 6.07 Å². The summed E-state index contributed by atoms with van der Waals surface area (Å²) in [6.07, 6.45) is 0.320. The van der Waals surface area contributed by atoms with Crippen LogP contribution >= 0.6 is 0 Å². The van der Waals surface area contributed by atoms with Crippen molar-refractivity contribution in [3.63, 3.8) is 0 Å². The van der Waals surface area contributed by atoms with E-state index in [1.807, 2.05) is 0 Å². The van der Waals surface area contributed by atoms with Crippen LogP contribution in [0.5, 0.6) is 0 Å². The molecule has 1 aromatic carbocycles. The number of carbonyl (C=O) groups is 1. The largest absolute Gasteiger partial charge is 0.350 e. The first-order valence-corrected chi connectivity index (χ1v) is 6.15. The van der Waals surface area contributed by atoms with Gasteiger partial charge in [-0.2, -0.15) is 0 Å². The summed E-state index contributed by atoms with van der Waals surface area (Å²) in [5.74, 6) is -6.78. The van der Waals surface area contributed by atoms with Gasteiger partial charge >= 0.3 is 0 Å². The van der Waals surface area contributed by atoms with Crippen molar-refractivity contribution < 1.29 is 22.4 Å². The van der Waals surface area contributed by atoms with Crippen LogP contribution in [0.3, 0.4) is 0 Å². The van der Waals surface area contributed by atoms with Gasteiger partial charge in [-0.3, -0.25) is 4.79 Å². The molecular formula is C13H14F4N2O. The number of carbonyl (C=O) groups excluding carboxylic acids is 1. The Bertz CT molecular complexity index is 521. The molecular weight excluding hydrogens is 276 g/mol. The van der Waals surface area contributed by atoms with Crippen LogP contribution < -0.4 is 11.1 Å². The van der Waals surface area contributed by atoms with Crippen LogP contribution in [-0.4, -0.2) is 24.9 Å². The molecule has 0 bridgehead atoms. The molecule has 2 unspecified atom stereocenters. The van der Waals surface area contributed by atoms with Crippen molar-refractivity contribution in [3.05, 3.63) is 35.4 Å². The van der Waals surface area contributed by atoms with Gasteiger partial charge in [0.05, 0.1) is 13.1 Å². The quantitative estimate of drug-likeness (QED) is 0.812. The van der Waals surface area contributed by atoms with Crippen molar-refractivity contribution in [2.24, 2.45) is 11.7 Å². The maximum atomic E-state index is 13.5. The number of hydrogen-bond acceptors (Lipinski definition) is 2. The number of rotatable bonds is 5. The fraction of sp³-hybridized carbons (Fsp3) is 0.462. The van der Waals surface area contributed by atoms with Crippen LogP contribution in [0.1, 0.15) is 17.9 Å². The number of hydrogen-bond donors (Lipinski definition) is 2. The van der Waals surface area contributed by atoms with Gasteiger partial charge in [0.25, 0.3) is 5.92 Å². The summed E-state index contributed by atoms with van der Waals surface area (Å²) >= 11 is 0. The van der Waals surface area contributed by atoms with E-state index in [1.165, 1.54) is 12.1 Å². The summed E-state index contributed by atoms with van der Waals surface area (Å²) < 4.78 is 52.3. The van der Waals surface area contributed by atoms with E-state index in [4.69, 9.17) is 5.73 Å². The zero-order valence-electron chi connectivity index (χ0n) is 10.5. The number of nitrogens with two attached hydrogens (primary N) is 1. The first kappa shape index (κ1) is 14.8. The van der Waals surface area contributed by atoms with Crippen molar-refractivity contribution in [1.82, 2.24) is 5.32 Å². The molecule has 1 amide bonds. The fourth-order valence-electron chi connectivity index (χ4n) is 2.06. The van der Waals surface area contributed by atoms with E-state index >= 15 is 0 Å².